The molecule has 0 aliphatic rings. The highest BCUT2D eigenvalue weighted by atomic mass is 19.4. The Balaban J connectivity index is 3.71. The molecule has 0 bridgehead atoms. The Bertz CT molecular complexity index is 1400. The van der Waals surface area contributed by atoms with Crippen LogP contribution in [0.5, 0.6) is 0 Å². The van der Waals surface area contributed by atoms with Gasteiger partial charge in [-0.3, -0.25) is 0 Å². The monoisotopic (exact) mass is 812 g/mol. The van der Waals surface area contributed by atoms with Gasteiger partial charge in [-0.25, -0.2) is 4.79 Å². The van der Waals surface area contributed by atoms with Crippen molar-refractivity contribution in [3.05, 3.63) is 35.9 Å². The second-order valence-electron chi connectivity index (χ2n) is 10.5. The van der Waals surface area contributed by atoms with Crippen LogP contribution in [0.4, 0.5) is 110 Å². The van der Waals surface area contributed by atoms with Gasteiger partial charge in [-0.1, -0.05) is 30.3 Å². The van der Waals surface area contributed by atoms with Crippen LogP contribution in [-0.4, -0.2) is 88.0 Å². The van der Waals surface area contributed by atoms with E-state index >= 15 is 0 Å². The largest absolute Gasteiger partial charge is 0.460 e. The molecule has 0 heterocycles. The summed E-state index contributed by atoms with van der Waals surface area (Å²) < 4.78 is 344. The van der Waals surface area contributed by atoms with E-state index in [1.165, 1.54) is 18.2 Å². The summed E-state index contributed by atoms with van der Waals surface area (Å²) in [6, 6.07) is 5.92. The first-order valence-corrected chi connectivity index (χ1v) is 12.1. The molecular formula is C23H13F25O3. The Morgan fingerprint density at radius 2 is 0.765 bits per heavy atom. The summed E-state index contributed by atoms with van der Waals surface area (Å²) in [5.41, 5.74) is -4.38. The molecule has 0 saturated carbocycles. The smallest absolute Gasteiger partial charge is 0.459 e. The Hall–Kier alpha value is -3.10. The lowest BCUT2D eigenvalue weighted by Crippen LogP contribution is -2.78. The van der Waals surface area contributed by atoms with E-state index in [1.807, 2.05) is 0 Å². The van der Waals surface area contributed by atoms with Gasteiger partial charge >= 0.3 is 77.3 Å². The number of benzene rings is 1. The van der Waals surface area contributed by atoms with Gasteiger partial charge in [0, 0.05) is 0 Å². The molecule has 0 radical (unpaired) electrons. The molecule has 28 heteroatoms. The number of carbonyl (C=O) groups is 1. The van der Waals surface area contributed by atoms with Crippen LogP contribution in [0.25, 0.3) is 0 Å². The number of carbonyl (C=O) groups excluding carboxylic acids is 1. The van der Waals surface area contributed by atoms with Gasteiger partial charge in [-0.05, 0) is 12.5 Å². The number of halogens is 25. The molecule has 1 aromatic carbocycles. The molecule has 0 aliphatic carbocycles. The summed E-state index contributed by atoms with van der Waals surface area (Å²) in [5.74, 6) is -103. The minimum atomic E-state index is -9.69. The van der Waals surface area contributed by atoms with Crippen molar-refractivity contribution in [2.45, 2.75) is 96.9 Å². The summed E-state index contributed by atoms with van der Waals surface area (Å²) in [5, 5.41) is 9.74. The van der Waals surface area contributed by atoms with Gasteiger partial charge in [0.05, 0.1) is 6.42 Å². The van der Waals surface area contributed by atoms with E-state index in [4.69, 9.17) is 0 Å². The number of hydrogen-bond donors (Lipinski definition) is 1. The zero-order valence-electron chi connectivity index (χ0n) is 23.5. The van der Waals surface area contributed by atoms with Crippen molar-refractivity contribution in [3.8, 4) is 0 Å². The molecular weight excluding hydrogens is 799 g/mol. The zero-order chi connectivity index (χ0) is 41.3. The molecule has 51 heavy (non-hydrogen) atoms. The van der Waals surface area contributed by atoms with Gasteiger partial charge in [0.2, 0.25) is 0 Å². The fourth-order valence-electron chi connectivity index (χ4n) is 3.48. The third-order valence-electron chi connectivity index (χ3n) is 6.58. The lowest BCUT2D eigenvalue weighted by molar-refractivity contribution is -0.482. The number of ether oxygens (including phenoxy) is 1. The van der Waals surface area contributed by atoms with Crippen LogP contribution in [0, 0.1) is 0 Å². The Kier molecular flexibility index (Phi) is 11.3. The first kappa shape index (κ1) is 45.9. The molecule has 3 nitrogen and oxygen atoms in total. The van der Waals surface area contributed by atoms with E-state index < -0.39 is 95.9 Å². The number of esters is 1. The summed E-state index contributed by atoms with van der Waals surface area (Å²) in [6.07, 6.45) is -11.9. The van der Waals surface area contributed by atoms with Gasteiger partial charge in [0.15, 0.2) is 5.60 Å². The van der Waals surface area contributed by atoms with E-state index in [0.717, 1.165) is 12.1 Å². The number of alkyl halides is 25. The van der Waals surface area contributed by atoms with Crippen LogP contribution in [0.1, 0.15) is 18.9 Å². The summed E-state index contributed by atoms with van der Waals surface area (Å²) in [6.45, 7) is -1.39. The molecule has 0 saturated heterocycles. The van der Waals surface area contributed by atoms with Crippen molar-refractivity contribution < 1.29 is 124 Å². The Labute approximate surface area is 264 Å². The average Bonchev–Trinajstić information content (AvgIpc) is 2.94. The van der Waals surface area contributed by atoms with E-state index in [1.54, 1.807) is 0 Å². The van der Waals surface area contributed by atoms with Crippen molar-refractivity contribution >= 4 is 5.97 Å². The minimum Gasteiger partial charge on any atom is -0.459 e. The molecule has 1 atom stereocenters. The van der Waals surface area contributed by atoms with Gasteiger partial charge < -0.3 is 9.84 Å². The van der Waals surface area contributed by atoms with Gasteiger partial charge in [-0.15, -0.1) is 0 Å². The number of aliphatic hydroxyl groups is 1. The predicted molar refractivity (Wildman–Crippen MR) is 112 cm³/mol. The van der Waals surface area contributed by atoms with Gasteiger partial charge in [0.1, 0.15) is 6.61 Å². The van der Waals surface area contributed by atoms with E-state index in [-0.39, 0.29) is 12.5 Å². The molecule has 1 rings (SSSR count). The van der Waals surface area contributed by atoms with Crippen LogP contribution >= 0.6 is 0 Å². The maximum absolute atomic E-state index is 14.3. The molecule has 0 amide bonds. The zero-order valence-corrected chi connectivity index (χ0v) is 23.5. The van der Waals surface area contributed by atoms with Crippen molar-refractivity contribution in [1.29, 1.82) is 0 Å². The van der Waals surface area contributed by atoms with Crippen LogP contribution in [0.3, 0.4) is 0 Å². The fraction of sp³-hybridized carbons (Fsp3) is 0.696. The topological polar surface area (TPSA) is 46.5 Å². The van der Waals surface area contributed by atoms with E-state index in [0.29, 0.717) is 0 Å². The van der Waals surface area contributed by atoms with Crippen molar-refractivity contribution in [1.82, 2.24) is 0 Å². The normalized spacial score (nSPS) is 16.9. The first-order chi connectivity index (χ1) is 22.0. The minimum absolute atomic E-state index is 0.0917. The highest BCUT2D eigenvalue weighted by Crippen LogP contribution is 2.68. The highest BCUT2D eigenvalue weighted by Gasteiger charge is 2.99. The molecule has 0 fully saturated rings. The molecule has 0 aliphatic heterocycles. The summed E-state index contributed by atoms with van der Waals surface area (Å²) in [4.78, 5) is 11.9. The van der Waals surface area contributed by atoms with Gasteiger partial charge in [0.25, 0.3) is 0 Å². The summed E-state index contributed by atoms with van der Waals surface area (Å²) in [7, 11) is 0. The lowest BCUT2D eigenvalue weighted by atomic mass is 9.83. The molecule has 1 aromatic rings. The molecule has 0 spiro atoms. The van der Waals surface area contributed by atoms with E-state index in [9.17, 15) is 120 Å². The van der Waals surface area contributed by atoms with Crippen LogP contribution < -0.4 is 0 Å². The lowest BCUT2D eigenvalue weighted by Gasteiger charge is -2.45. The standard InChI is InChI=1S/C23H13F25O3/c1-11(50,10(49)51-7-9-5-3-2-4-6-9)8-12(24,25)13(26,27)14(28,29)15(30,31)16(32,33)17(34,35)18(36,37)19(38,39)20(40,41)21(42,43)22(44,45)23(46,47)48/h2-6,50H,7-8H2,1H3. The Morgan fingerprint density at radius 3 is 1.06 bits per heavy atom. The van der Waals surface area contributed by atoms with Crippen LogP contribution in [0.15, 0.2) is 30.3 Å². The van der Waals surface area contributed by atoms with Crippen LogP contribution in [-0.2, 0) is 16.1 Å². The van der Waals surface area contributed by atoms with Crippen molar-refractivity contribution in [3.63, 3.8) is 0 Å². The van der Waals surface area contributed by atoms with Crippen molar-refractivity contribution in [2.24, 2.45) is 0 Å². The van der Waals surface area contributed by atoms with Crippen LogP contribution in [0.2, 0.25) is 0 Å². The maximum atomic E-state index is 14.3. The average molecular weight is 812 g/mol. The molecule has 298 valence electrons. The maximum Gasteiger partial charge on any atom is 0.460 e. The SMILES string of the molecule is CC(O)(CC(F)(F)C(F)(F)C(F)(F)C(F)(F)C(F)(F)C(F)(F)C(F)(F)C(F)(F)C(F)(F)C(F)(F)C(F)(F)C(F)(F)F)C(=O)OCc1ccccc1. The second kappa shape index (κ2) is 12.5. The van der Waals surface area contributed by atoms with E-state index in [2.05, 4.69) is 4.74 Å². The molecule has 1 unspecified atom stereocenters. The fourth-order valence-corrected chi connectivity index (χ4v) is 3.48. The third kappa shape index (κ3) is 6.47. The van der Waals surface area contributed by atoms with Crippen molar-refractivity contribution in [2.75, 3.05) is 0 Å². The Morgan fingerprint density at radius 1 is 0.490 bits per heavy atom. The summed E-state index contributed by atoms with van der Waals surface area (Å²) >= 11 is 0. The second-order valence-corrected chi connectivity index (χ2v) is 10.5. The first-order valence-electron chi connectivity index (χ1n) is 12.1. The quantitative estimate of drug-likeness (QED) is 0.142. The third-order valence-corrected chi connectivity index (χ3v) is 6.58. The predicted octanol–water partition coefficient (Wildman–Crippen LogP) is 9.42. The van der Waals surface area contributed by atoms with Gasteiger partial charge in [-0.2, -0.15) is 110 Å². The highest BCUT2D eigenvalue weighted by molar-refractivity contribution is 5.78. The number of hydrogen-bond acceptors (Lipinski definition) is 3. The molecule has 1 N–H and O–H groups in total. The number of rotatable bonds is 15. The molecule has 0 aromatic heterocycles.